The summed E-state index contributed by atoms with van der Waals surface area (Å²) in [5.41, 5.74) is -0.540. The van der Waals surface area contributed by atoms with Crippen molar-refractivity contribution in [2.45, 2.75) is 31.2 Å². The molecule has 0 radical (unpaired) electrons. The molecule has 3 fully saturated rings. The molecule has 3 saturated heterocycles. The van der Waals surface area contributed by atoms with Gasteiger partial charge in [0.2, 0.25) is 11.8 Å². The van der Waals surface area contributed by atoms with Crippen LogP contribution in [0.4, 0.5) is 0 Å². The highest BCUT2D eigenvalue weighted by Gasteiger charge is 2.49. The molecule has 7 heteroatoms. The number of piperidine rings is 1. The van der Waals surface area contributed by atoms with Crippen LogP contribution in [0.25, 0.3) is 0 Å². The van der Waals surface area contributed by atoms with Crippen molar-refractivity contribution in [3.63, 3.8) is 0 Å². The summed E-state index contributed by atoms with van der Waals surface area (Å²) < 4.78 is 5.34. The first-order valence-electron chi connectivity index (χ1n) is 8.82. The van der Waals surface area contributed by atoms with Gasteiger partial charge in [0, 0.05) is 45.3 Å². The van der Waals surface area contributed by atoms with Crippen molar-refractivity contribution in [3.05, 3.63) is 0 Å². The number of likely N-dealkylation sites (tertiary alicyclic amines) is 1. The Labute approximate surface area is 143 Å². The smallest absolute Gasteiger partial charge is 0.244 e. The average Bonchev–Trinajstić information content (AvgIpc) is 2.63. The molecule has 0 aliphatic carbocycles. The van der Waals surface area contributed by atoms with Crippen molar-refractivity contribution >= 4 is 11.8 Å². The minimum Gasteiger partial charge on any atom is -0.381 e. The topological polar surface area (TPSA) is 76.9 Å². The summed E-state index contributed by atoms with van der Waals surface area (Å²) in [5, 5.41) is 8.93. The molecule has 3 rings (SSSR count). The van der Waals surface area contributed by atoms with Crippen LogP contribution in [0.1, 0.15) is 25.7 Å². The number of piperazine rings is 1. The van der Waals surface area contributed by atoms with Gasteiger partial charge in [-0.1, -0.05) is 0 Å². The maximum Gasteiger partial charge on any atom is 0.244 e. The van der Waals surface area contributed by atoms with Crippen molar-refractivity contribution in [3.8, 4) is 6.07 Å². The zero-order valence-electron chi connectivity index (χ0n) is 14.4. The third-order valence-electron chi connectivity index (χ3n) is 5.86. The van der Waals surface area contributed by atoms with Crippen molar-refractivity contribution in [2.75, 3.05) is 53.0 Å². The monoisotopic (exact) mass is 334 g/mol. The molecule has 3 aliphatic heterocycles. The zero-order valence-corrected chi connectivity index (χ0v) is 14.4. The Balaban J connectivity index is 1.65. The molecule has 7 nitrogen and oxygen atoms in total. The van der Waals surface area contributed by atoms with Gasteiger partial charge >= 0.3 is 0 Å². The van der Waals surface area contributed by atoms with Gasteiger partial charge in [0.05, 0.1) is 6.07 Å². The minimum absolute atomic E-state index is 0.0518. The van der Waals surface area contributed by atoms with E-state index in [1.165, 1.54) is 0 Å². The quantitative estimate of drug-likeness (QED) is 0.668. The third-order valence-corrected chi connectivity index (χ3v) is 5.86. The number of ether oxygens (including phenoxy) is 1. The summed E-state index contributed by atoms with van der Waals surface area (Å²) in [6.07, 6.45) is 2.91. The first-order chi connectivity index (χ1) is 11.6. The predicted octanol–water partition coefficient (Wildman–Crippen LogP) is 0.0718. The number of hydrogen-bond acceptors (Lipinski definition) is 5. The molecule has 0 unspecified atom stereocenters. The van der Waals surface area contributed by atoms with E-state index >= 15 is 0 Å². The van der Waals surface area contributed by atoms with E-state index in [9.17, 15) is 9.59 Å². The molecule has 132 valence electrons. The second kappa shape index (κ2) is 7.08. The fourth-order valence-electron chi connectivity index (χ4n) is 4.18. The molecule has 1 spiro atoms. The van der Waals surface area contributed by atoms with Crippen LogP contribution < -0.4 is 0 Å². The van der Waals surface area contributed by atoms with Gasteiger partial charge in [-0.15, -0.1) is 0 Å². The molecule has 2 amide bonds. The van der Waals surface area contributed by atoms with Gasteiger partial charge in [-0.25, -0.2) is 0 Å². The number of amides is 2. The molecule has 0 aromatic heterocycles. The second-order valence-electron chi connectivity index (χ2n) is 7.05. The summed E-state index contributed by atoms with van der Waals surface area (Å²) in [6.45, 7) is 4.10. The van der Waals surface area contributed by atoms with Crippen molar-refractivity contribution in [2.24, 2.45) is 5.92 Å². The third kappa shape index (κ3) is 3.01. The first-order valence-corrected chi connectivity index (χ1v) is 8.82. The number of nitriles is 1. The minimum atomic E-state index is -0.540. The van der Waals surface area contributed by atoms with Gasteiger partial charge in [-0.3, -0.25) is 14.5 Å². The lowest BCUT2D eigenvalue weighted by molar-refractivity contribution is -0.157. The highest BCUT2D eigenvalue weighted by atomic mass is 16.5. The summed E-state index contributed by atoms with van der Waals surface area (Å²) in [7, 11) is 1.98. The van der Waals surface area contributed by atoms with Gasteiger partial charge in [0.1, 0.15) is 12.1 Å². The fourth-order valence-corrected chi connectivity index (χ4v) is 4.18. The highest BCUT2D eigenvalue weighted by molar-refractivity contribution is 5.88. The summed E-state index contributed by atoms with van der Waals surface area (Å²) in [5.74, 6) is 0.339. The van der Waals surface area contributed by atoms with Crippen LogP contribution in [0.3, 0.4) is 0 Å². The first kappa shape index (κ1) is 17.2. The molecule has 0 saturated carbocycles. The average molecular weight is 334 g/mol. The van der Waals surface area contributed by atoms with Crippen molar-refractivity contribution < 1.29 is 14.3 Å². The standard InChI is InChI=1S/C17H26N4O3/c1-19-10-11-21(9-6-18)16(23)17(19)4-7-20(8-5-17)15(22)14-2-12-24-13-3-14/h14H,2-5,7-13H2,1H3. The summed E-state index contributed by atoms with van der Waals surface area (Å²) in [6, 6.07) is 2.08. The lowest BCUT2D eigenvalue weighted by atomic mass is 9.82. The van der Waals surface area contributed by atoms with E-state index in [1.807, 2.05) is 11.9 Å². The maximum atomic E-state index is 12.9. The Bertz CT molecular complexity index is 530. The van der Waals surface area contributed by atoms with E-state index in [-0.39, 0.29) is 24.3 Å². The summed E-state index contributed by atoms with van der Waals surface area (Å²) in [4.78, 5) is 31.3. The van der Waals surface area contributed by atoms with E-state index in [0.717, 1.165) is 19.4 Å². The molecule has 0 atom stereocenters. The van der Waals surface area contributed by atoms with Gasteiger partial charge in [-0.2, -0.15) is 5.26 Å². The number of nitrogens with zero attached hydrogens (tertiary/aromatic N) is 4. The van der Waals surface area contributed by atoms with Crippen LogP contribution in [0.15, 0.2) is 0 Å². The van der Waals surface area contributed by atoms with E-state index < -0.39 is 5.54 Å². The van der Waals surface area contributed by atoms with Crippen LogP contribution in [0.5, 0.6) is 0 Å². The fraction of sp³-hybridized carbons (Fsp3) is 0.824. The molecule has 0 N–H and O–H groups in total. The van der Waals surface area contributed by atoms with Crippen LogP contribution in [0, 0.1) is 17.2 Å². The zero-order chi connectivity index (χ0) is 17.2. The Morgan fingerprint density at radius 3 is 2.54 bits per heavy atom. The normalized spacial score (nSPS) is 25.8. The van der Waals surface area contributed by atoms with E-state index in [0.29, 0.717) is 45.7 Å². The number of carbonyl (C=O) groups is 2. The second-order valence-corrected chi connectivity index (χ2v) is 7.05. The Morgan fingerprint density at radius 1 is 1.25 bits per heavy atom. The number of likely N-dealkylation sites (N-methyl/N-ethyl adjacent to an activating group) is 1. The molecule has 24 heavy (non-hydrogen) atoms. The predicted molar refractivity (Wildman–Crippen MR) is 86.9 cm³/mol. The largest absolute Gasteiger partial charge is 0.381 e. The van der Waals surface area contributed by atoms with Crippen LogP contribution in [-0.4, -0.2) is 85.0 Å². The molecule has 0 aromatic carbocycles. The molecule has 0 aromatic rings. The van der Waals surface area contributed by atoms with Gasteiger partial charge in [0.15, 0.2) is 0 Å². The molecular weight excluding hydrogens is 308 g/mol. The Hall–Kier alpha value is -1.65. The van der Waals surface area contributed by atoms with E-state index in [4.69, 9.17) is 10.00 Å². The number of rotatable bonds is 2. The molecule has 3 aliphatic rings. The van der Waals surface area contributed by atoms with Crippen LogP contribution >= 0.6 is 0 Å². The van der Waals surface area contributed by atoms with E-state index in [2.05, 4.69) is 11.0 Å². The highest BCUT2D eigenvalue weighted by Crippen LogP contribution is 2.33. The van der Waals surface area contributed by atoms with Crippen molar-refractivity contribution in [1.82, 2.24) is 14.7 Å². The molecule has 3 heterocycles. The molecule has 0 bridgehead atoms. The number of hydrogen-bond donors (Lipinski definition) is 0. The van der Waals surface area contributed by atoms with Crippen LogP contribution in [0.2, 0.25) is 0 Å². The molecular formula is C17H26N4O3. The van der Waals surface area contributed by atoms with Crippen molar-refractivity contribution in [1.29, 1.82) is 5.26 Å². The lowest BCUT2D eigenvalue weighted by Gasteiger charge is -2.51. The Morgan fingerprint density at radius 2 is 1.92 bits per heavy atom. The van der Waals surface area contributed by atoms with Crippen LogP contribution in [-0.2, 0) is 14.3 Å². The lowest BCUT2D eigenvalue weighted by Crippen LogP contribution is -2.68. The van der Waals surface area contributed by atoms with Gasteiger partial charge in [0.25, 0.3) is 0 Å². The Kier molecular flexibility index (Phi) is 5.07. The van der Waals surface area contributed by atoms with E-state index in [1.54, 1.807) is 4.90 Å². The van der Waals surface area contributed by atoms with Gasteiger partial charge in [-0.05, 0) is 32.7 Å². The number of carbonyl (C=O) groups excluding carboxylic acids is 2. The van der Waals surface area contributed by atoms with Gasteiger partial charge < -0.3 is 14.5 Å². The summed E-state index contributed by atoms with van der Waals surface area (Å²) >= 11 is 0. The maximum absolute atomic E-state index is 12.9. The SMILES string of the molecule is CN1CCN(CC#N)C(=O)C12CCN(C(=O)C1CCOCC1)CC2.